The molecule has 0 N–H and O–H groups in total. The van der Waals surface area contributed by atoms with E-state index in [0.29, 0.717) is 18.0 Å². The predicted molar refractivity (Wildman–Crippen MR) is 98.2 cm³/mol. The van der Waals surface area contributed by atoms with Gasteiger partial charge in [-0.25, -0.2) is 4.98 Å². The minimum Gasteiger partial charge on any atom is -0.480 e. The third-order valence-electron chi connectivity index (χ3n) is 5.74. The van der Waals surface area contributed by atoms with Crippen molar-refractivity contribution in [1.82, 2.24) is 19.7 Å². The largest absolute Gasteiger partial charge is 0.480 e. The van der Waals surface area contributed by atoms with Gasteiger partial charge in [0.25, 0.3) is 5.91 Å². The molecule has 0 aliphatic heterocycles. The number of carbonyl (C=O) groups excluding carboxylic acids is 1. The zero-order chi connectivity index (χ0) is 18.1. The lowest BCUT2D eigenvalue weighted by atomic mass is 10.1. The van der Waals surface area contributed by atoms with E-state index < -0.39 is 0 Å². The smallest absolute Gasteiger partial charge is 0.259 e. The number of pyridine rings is 1. The summed E-state index contributed by atoms with van der Waals surface area (Å²) in [6.45, 7) is 0.574. The summed E-state index contributed by atoms with van der Waals surface area (Å²) >= 11 is 0. The molecule has 2 aromatic rings. The minimum atomic E-state index is -0.000694. The highest BCUT2D eigenvalue weighted by molar-refractivity contribution is 5.96. The molecule has 0 atom stereocenters. The number of hydrogen-bond acceptors (Lipinski definition) is 4. The summed E-state index contributed by atoms with van der Waals surface area (Å²) in [5, 5.41) is 4.74. The Morgan fingerprint density at radius 3 is 2.88 bits per heavy atom. The Balaban J connectivity index is 1.67. The molecule has 6 heteroatoms. The number of hydrogen-bond donors (Lipinski definition) is 0. The van der Waals surface area contributed by atoms with Crippen LogP contribution in [-0.2, 0) is 26.4 Å². The Morgan fingerprint density at radius 1 is 1.31 bits per heavy atom. The van der Waals surface area contributed by atoms with Crippen LogP contribution in [0.5, 0.6) is 5.88 Å². The second kappa shape index (κ2) is 7.09. The highest BCUT2D eigenvalue weighted by Crippen LogP contribution is 2.31. The van der Waals surface area contributed by atoms with E-state index in [1.165, 1.54) is 30.5 Å². The number of amides is 1. The summed E-state index contributed by atoms with van der Waals surface area (Å²) in [5.74, 6) is 0.394. The van der Waals surface area contributed by atoms with Gasteiger partial charge in [0.1, 0.15) is 5.56 Å². The normalized spacial score (nSPS) is 16.7. The van der Waals surface area contributed by atoms with Gasteiger partial charge >= 0.3 is 0 Å². The van der Waals surface area contributed by atoms with Crippen molar-refractivity contribution in [3.8, 4) is 5.88 Å². The van der Waals surface area contributed by atoms with E-state index in [1.807, 2.05) is 16.6 Å². The van der Waals surface area contributed by atoms with Gasteiger partial charge in [0.2, 0.25) is 5.88 Å². The molecule has 0 bridgehead atoms. The first-order chi connectivity index (χ1) is 12.7. The van der Waals surface area contributed by atoms with Crippen LogP contribution in [0.15, 0.2) is 18.3 Å². The molecule has 0 unspecified atom stereocenters. The lowest BCUT2D eigenvalue weighted by Crippen LogP contribution is -2.39. The lowest BCUT2D eigenvalue weighted by molar-refractivity contribution is 0.0656. The van der Waals surface area contributed by atoms with Gasteiger partial charge in [0, 0.05) is 25.0 Å². The van der Waals surface area contributed by atoms with Gasteiger partial charge in [-0.1, -0.05) is 12.8 Å². The van der Waals surface area contributed by atoms with Crippen LogP contribution >= 0.6 is 0 Å². The van der Waals surface area contributed by atoms with Crippen LogP contribution in [0.25, 0.3) is 0 Å². The molecule has 0 spiro atoms. The number of nitrogens with zero attached hydrogens (tertiary/aromatic N) is 4. The zero-order valence-electron chi connectivity index (χ0n) is 15.6. The summed E-state index contributed by atoms with van der Waals surface area (Å²) in [6.07, 6.45) is 9.47. The van der Waals surface area contributed by atoms with Crippen molar-refractivity contribution >= 4 is 5.91 Å². The molecular formula is C20H26N4O2. The van der Waals surface area contributed by atoms with E-state index in [9.17, 15) is 4.79 Å². The first kappa shape index (κ1) is 17.1. The van der Waals surface area contributed by atoms with E-state index in [2.05, 4.69) is 4.98 Å². The summed E-state index contributed by atoms with van der Waals surface area (Å²) in [5.41, 5.74) is 4.27. The second-order valence-corrected chi connectivity index (χ2v) is 7.28. The van der Waals surface area contributed by atoms with Crippen molar-refractivity contribution in [3.05, 3.63) is 40.8 Å². The van der Waals surface area contributed by atoms with Crippen LogP contribution in [0.1, 0.15) is 59.4 Å². The predicted octanol–water partition coefficient (Wildman–Crippen LogP) is 2.90. The van der Waals surface area contributed by atoms with Crippen LogP contribution in [-0.4, -0.2) is 38.7 Å². The third kappa shape index (κ3) is 2.97. The molecule has 2 aliphatic rings. The van der Waals surface area contributed by atoms with Gasteiger partial charge in [-0.2, -0.15) is 5.10 Å². The summed E-state index contributed by atoms with van der Waals surface area (Å²) in [4.78, 5) is 19.6. The number of rotatable bonds is 5. The van der Waals surface area contributed by atoms with E-state index in [-0.39, 0.29) is 11.9 Å². The SMILES string of the molecule is COc1ncccc1C(=O)N(Cc1nn(C)c2c1CCC2)C1CCCC1. The van der Waals surface area contributed by atoms with E-state index in [1.54, 1.807) is 25.4 Å². The fourth-order valence-electron chi connectivity index (χ4n) is 4.44. The number of aryl methyl sites for hydroxylation is 1. The molecular weight excluding hydrogens is 328 g/mol. The fourth-order valence-corrected chi connectivity index (χ4v) is 4.44. The van der Waals surface area contributed by atoms with E-state index in [4.69, 9.17) is 9.84 Å². The van der Waals surface area contributed by atoms with Crippen molar-refractivity contribution in [2.75, 3.05) is 7.11 Å². The molecule has 1 saturated carbocycles. The second-order valence-electron chi connectivity index (χ2n) is 7.28. The number of methoxy groups -OCH3 is 1. The lowest BCUT2D eigenvalue weighted by Gasteiger charge is -2.29. The number of carbonyl (C=O) groups is 1. The van der Waals surface area contributed by atoms with Crippen molar-refractivity contribution in [2.45, 2.75) is 57.5 Å². The highest BCUT2D eigenvalue weighted by Gasteiger charge is 2.32. The molecule has 4 rings (SSSR count). The first-order valence-electron chi connectivity index (χ1n) is 9.52. The maximum atomic E-state index is 13.4. The average molecular weight is 354 g/mol. The van der Waals surface area contributed by atoms with Crippen LogP contribution in [0.3, 0.4) is 0 Å². The average Bonchev–Trinajstić information content (AvgIpc) is 3.40. The van der Waals surface area contributed by atoms with Gasteiger partial charge in [-0.15, -0.1) is 0 Å². The molecule has 26 heavy (non-hydrogen) atoms. The van der Waals surface area contributed by atoms with Gasteiger partial charge < -0.3 is 9.64 Å². The highest BCUT2D eigenvalue weighted by atomic mass is 16.5. The third-order valence-corrected chi connectivity index (χ3v) is 5.74. The number of aromatic nitrogens is 3. The van der Waals surface area contributed by atoms with Crippen LogP contribution in [0.4, 0.5) is 0 Å². The quantitative estimate of drug-likeness (QED) is 0.828. The topological polar surface area (TPSA) is 60.2 Å². The zero-order valence-corrected chi connectivity index (χ0v) is 15.6. The molecule has 1 fully saturated rings. The number of ether oxygens (including phenoxy) is 1. The van der Waals surface area contributed by atoms with Gasteiger partial charge in [-0.05, 0) is 49.8 Å². The fraction of sp³-hybridized carbons (Fsp3) is 0.550. The first-order valence-corrected chi connectivity index (χ1v) is 9.52. The monoisotopic (exact) mass is 354 g/mol. The van der Waals surface area contributed by atoms with Gasteiger partial charge in [0.05, 0.1) is 19.3 Å². The molecule has 138 valence electrons. The van der Waals surface area contributed by atoms with Crippen molar-refractivity contribution in [1.29, 1.82) is 0 Å². The van der Waals surface area contributed by atoms with Gasteiger partial charge in [-0.3, -0.25) is 9.48 Å². The van der Waals surface area contributed by atoms with Crippen LogP contribution in [0.2, 0.25) is 0 Å². The minimum absolute atomic E-state index is 0.000694. The molecule has 2 aromatic heterocycles. The summed E-state index contributed by atoms with van der Waals surface area (Å²) in [7, 11) is 3.57. The van der Waals surface area contributed by atoms with E-state index in [0.717, 1.165) is 31.4 Å². The molecule has 6 nitrogen and oxygen atoms in total. The van der Waals surface area contributed by atoms with Gasteiger partial charge in [0.15, 0.2) is 0 Å². The van der Waals surface area contributed by atoms with Crippen molar-refractivity contribution < 1.29 is 9.53 Å². The summed E-state index contributed by atoms with van der Waals surface area (Å²) < 4.78 is 7.33. The van der Waals surface area contributed by atoms with Crippen LogP contribution in [0, 0.1) is 0 Å². The van der Waals surface area contributed by atoms with E-state index >= 15 is 0 Å². The maximum absolute atomic E-state index is 13.4. The Morgan fingerprint density at radius 2 is 2.12 bits per heavy atom. The number of fused-ring (bicyclic) bond motifs is 1. The standard InChI is InChI=1S/C20H26N4O2/c1-23-18-11-5-9-15(18)17(22-23)13-24(14-7-3-4-8-14)20(25)16-10-6-12-21-19(16)26-2/h6,10,12,14H,3-5,7-9,11,13H2,1-2H3. The molecule has 1 amide bonds. The summed E-state index contributed by atoms with van der Waals surface area (Å²) in [6, 6.07) is 3.87. The van der Waals surface area contributed by atoms with Crippen LogP contribution < -0.4 is 4.74 Å². The molecule has 0 saturated heterocycles. The maximum Gasteiger partial charge on any atom is 0.259 e. The molecule has 0 aromatic carbocycles. The van der Waals surface area contributed by atoms with Crippen molar-refractivity contribution in [3.63, 3.8) is 0 Å². The Bertz CT molecular complexity index is 808. The molecule has 2 heterocycles. The Kier molecular flexibility index (Phi) is 4.66. The Hall–Kier alpha value is -2.37. The van der Waals surface area contributed by atoms with Crippen molar-refractivity contribution in [2.24, 2.45) is 7.05 Å². The Labute approximate surface area is 154 Å². The molecule has 0 radical (unpaired) electrons. The molecule has 2 aliphatic carbocycles.